The molecule has 4 nitrogen and oxygen atoms in total. The highest BCUT2D eigenvalue weighted by atomic mass is 16.1. The van der Waals surface area contributed by atoms with Crippen molar-refractivity contribution in [3.8, 4) is 0 Å². The van der Waals surface area contributed by atoms with Crippen LogP contribution in [0.25, 0.3) is 6.08 Å². The molecule has 0 radical (unpaired) electrons. The SMILES string of the molecule is CCN1CCN(Cc2ccc(CNC(=O)/C=C/c3cccc(C)c3)cc2)CC1. The zero-order valence-electron chi connectivity index (χ0n) is 17.0. The Kier molecular flexibility index (Phi) is 7.40. The maximum absolute atomic E-state index is 12.0. The van der Waals surface area contributed by atoms with E-state index in [1.54, 1.807) is 6.08 Å². The van der Waals surface area contributed by atoms with Gasteiger partial charge in [0, 0.05) is 45.3 Å². The van der Waals surface area contributed by atoms with Crippen LogP contribution in [0.2, 0.25) is 0 Å². The van der Waals surface area contributed by atoms with Crippen molar-refractivity contribution < 1.29 is 4.79 Å². The fraction of sp³-hybridized carbons (Fsp3) is 0.375. The van der Waals surface area contributed by atoms with E-state index in [0.29, 0.717) is 6.54 Å². The van der Waals surface area contributed by atoms with Gasteiger partial charge in [0.2, 0.25) is 5.91 Å². The summed E-state index contributed by atoms with van der Waals surface area (Å²) in [6.07, 6.45) is 3.45. The molecule has 4 heteroatoms. The van der Waals surface area contributed by atoms with E-state index in [2.05, 4.69) is 52.4 Å². The second kappa shape index (κ2) is 10.2. The summed E-state index contributed by atoms with van der Waals surface area (Å²) in [4.78, 5) is 17.1. The van der Waals surface area contributed by atoms with Crippen LogP contribution in [0.3, 0.4) is 0 Å². The highest BCUT2D eigenvalue weighted by Crippen LogP contribution is 2.10. The first-order valence-corrected chi connectivity index (χ1v) is 10.2. The Bertz CT molecular complexity index is 790. The van der Waals surface area contributed by atoms with Crippen LogP contribution in [0.4, 0.5) is 0 Å². The van der Waals surface area contributed by atoms with Gasteiger partial charge in [0.1, 0.15) is 0 Å². The van der Waals surface area contributed by atoms with Crippen LogP contribution in [0.5, 0.6) is 0 Å². The lowest BCUT2D eigenvalue weighted by atomic mass is 10.1. The molecule has 0 atom stereocenters. The molecule has 0 bridgehead atoms. The third kappa shape index (κ3) is 6.32. The predicted molar refractivity (Wildman–Crippen MR) is 116 cm³/mol. The van der Waals surface area contributed by atoms with Crippen LogP contribution >= 0.6 is 0 Å². The lowest BCUT2D eigenvalue weighted by Gasteiger charge is -2.34. The van der Waals surface area contributed by atoms with Crippen LogP contribution < -0.4 is 5.32 Å². The standard InChI is InChI=1S/C24H31N3O/c1-3-26-13-15-27(16-14-26)19-23-9-7-22(8-10-23)18-25-24(28)12-11-21-6-4-5-20(2)17-21/h4-12,17H,3,13-16,18-19H2,1-2H3,(H,25,28)/b12-11+. The van der Waals surface area contributed by atoms with Crippen LogP contribution in [0, 0.1) is 6.92 Å². The second-order valence-electron chi connectivity index (χ2n) is 7.49. The zero-order chi connectivity index (χ0) is 19.8. The Hall–Kier alpha value is -2.43. The van der Waals surface area contributed by atoms with Crippen molar-refractivity contribution in [1.82, 2.24) is 15.1 Å². The van der Waals surface area contributed by atoms with Crippen LogP contribution in [-0.4, -0.2) is 48.4 Å². The molecule has 2 aromatic rings. The number of amides is 1. The fourth-order valence-corrected chi connectivity index (χ4v) is 3.48. The summed E-state index contributed by atoms with van der Waals surface area (Å²) in [6, 6.07) is 16.7. The maximum atomic E-state index is 12.0. The Balaban J connectivity index is 1.43. The Morgan fingerprint density at radius 2 is 1.68 bits per heavy atom. The van der Waals surface area contributed by atoms with Crippen LogP contribution in [-0.2, 0) is 17.9 Å². The van der Waals surface area contributed by atoms with Crippen molar-refractivity contribution in [2.45, 2.75) is 26.9 Å². The zero-order valence-corrected chi connectivity index (χ0v) is 17.0. The summed E-state index contributed by atoms with van der Waals surface area (Å²) >= 11 is 0. The first-order chi connectivity index (χ1) is 13.6. The highest BCUT2D eigenvalue weighted by Gasteiger charge is 2.15. The monoisotopic (exact) mass is 377 g/mol. The molecule has 1 aliphatic rings. The van der Waals surface area contributed by atoms with Crippen molar-refractivity contribution in [3.63, 3.8) is 0 Å². The highest BCUT2D eigenvalue weighted by molar-refractivity contribution is 5.91. The average Bonchev–Trinajstić information content (AvgIpc) is 2.72. The van der Waals surface area contributed by atoms with E-state index in [1.165, 1.54) is 11.1 Å². The summed E-state index contributed by atoms with van der Waals surface area (Å²) in [5, 5.41) is 2.95. The normalized spacial score (nSPS) is 15.8. The number of nitrogens with zero attached hydrogens (tertiary/aromatic N) is 2. The molecule has 1 fully saturated rings. The van der Waals surface area contributed by atoms with Gasteiger partial charge < -0.3 is 10.2 Å². The molecule has 1 amide bonds. The molecular formula is C24H31N3O. The molecule has 0 aromatic heterocycles. The minimum absolute atomic E-state index is 0.0700. The number of hydrogen-bond acceptors (Lipinski definition) is 3. The molecule has 1 heterocycles. The van der Waals surface area contributed by atoms with Crippen LogP contribution in [0.1, 0.15) is 29.2 Å². The molecular weight excluding hydrogens is 346 g/mol. The van der Waals surface area contributed by atoms with E-state index < -0.39 is 0 Å². The lowest BCUT2D eigenvalue weighted by molar-refractivity contribution is -0.116. The Morgan fingerprint density at radius 1 is 1.00 bits per heavy atom. The first-order valence-electron chi connectivity index (χ1n) is 10.2. The van der Waals surface area contributed by atoms with E-state index in [-0.39, 0.29) is 5.91 Å². The van der Waals surface area contributed by atoms with E-state index in [0.717, 1.165) is 50.4 Å². The van der Waals surface area contributed by atoms with Crippen molar-refractivity contribution in [2.24, 2.45) is 0 Å². The van der Waals surface area contributed by atoms with Gasteiger partial charge >= 0.3 is 0 Å². The summed E-state index contributed by atoms with van der Waals surface area (Å²) in [5.74, 6) is -0.0700. The molecule has 1 N–H and O–H groups in total. The molecule has 1 saturated heterocycles. The van der Waals surface area contributed by atoms with Crippen molar-refractivity contribution in [3.05, 3.63) is 76.9 Å². The molecule has 0 aliphatic carbocycles. The van der Waals surface area contributed by atoms with Crippen molar-refractivity contribution in [1.29, 1.82) is 0 Å². The van der Waals surface area contributed by atoms with Crippen molar-refractivity contribution >= 4 is 12.0 Å². The Morgan fingerprint density at radius 3 is 2.36 bits per heavy atom. The van der Waals surface area contributed by atoms with Gasteiger partial charge in [-0.2, -0.15) is 0 Å². The van der Waals surface area contributed by atoms with Gasteiger partial charge in [-0.15, -0.1) is 0 Å². The number of rotatable bonds is 7. The number of carbonyl (C=O) groups excluding carboxylic acids is 1. The third-order valence-electron chi connectivity index (χ3n) is 5.28. The fourth-order valence-electron chi connectivity index (χ4n) is 3.48. The molecule has 0 unspecified atom stereocenters. The number of carbonyl (C=O) groups is 1. The van der Waals surface area contributed by atoms with Gasteiger partial charge in [0.05, 0.1) is 0 Å². The van der Waals surface area contributed by atoms with Gasteiger partial charge in [-0.3, -0.25) is 9.69 Å². The van der Waals surface area contributed by atoms with Crippen LogP contribution in [0.15, 0.2) is 54.6 Å². The average molecular weight is 378 g/mol. The topological polar surface area (TPSA) is 35.6 Å². The first kappa shape index (κ1) is 20.3. The van der Waals surface area contributed by atoms with Gasteiger partial charge in [0.15, 0.2) is 0 Å². The quantitative estimate of drug-likeness (QED) is 0.751. The molecule has 28 heavy (non-hydrogen) atoms. The largest absolute Gasteiger partial charge is 0.348 e. The molecule has 1 aliphatic heterocycles. The number of piperazine rings is 1. The predicted octanol–water partition coefficient (Wildman–Crippen LogP) is 3.46. The lowest BCUT2D eigenvalue weighted by Crippen LogP contribution is -2.45. The molecule has 2 aromatic carbocycles. The van der Waals surface area contributed by atoms with Gasteiger partial charge in [-0.1, -0.05) is 61.0 Å². The van der Waals surface area contributed by atoms with E-state index >= 15 is 0 Å². The molecule has 3 rings (SSSR count). The third-order valence-corrected chi connectivity index (χ3v) is 5.28. The van der Waals surface area contributed by atoms with Gasteiger partial charge in [-0.05, 0) is 36.2 Å². The number of nitrogens with one attached hydrogen (secondary N) is 1. The minimum atomic E-state index is -0.0700. The molecule has 0 saturated carbocycles. The van der Waals surface area contributed by atoms with E-state index in [9.17, 15) is 4.79 Å². The second-order valence-corrected chi connectivity index (χ2v) is 7.49. The van der Waals surface area contributed by atoms with Gasteiger partial charge in [-0.25, -0.2) is 0 Å². The Labute approximate surface area is 168 Å². The summed E-state index contributed by atoms with van der Waals surface area (Å²) in [6.45, 7) is 11.6. The molecule has 0 spiro atoms. The summed E-state index contributed by atoms with van der Waals surface area (Å²) in [7, 11) is 0. The maximum Gasteiger partial charge on any atom is 0.244 e. The van der Waals surface area contributed by atoms with Crippen molar-refractivity contribution in [2.75, 3.05) is 32.7 Å². The summed E-state index contributed by atoms with van der Waals surface area (Å²) in [5.41, 5.74) is 4.69. The van der Waals surface area contributed by atoms with E-state index in [4.69, 9.17) is 0 Å². The van der Waals surface area contributed by atoms with Gasteiger partial charge in [0.25, 0.3) is 0 Å². The minimum Gasteiger partial charge on any atom is -0.348 e. The number of hydrogen-bond donors (Lipinski definition) is 1. The van der Waals surface area contributed by atoms with E-state index in [1.807, 2.05) is 31.2 Å². The number of likely N-dealkylation sites (N-methyl/N-ethyl adjacent to an activating group) is 1. The summed E-state index contributed by atoms with van der Waals surface area (Å²) < 4.78 is 0. The molecule has 148 valence electrons. The smallest absolute Gasteiger partial charge is 0.244 e. The number of benzene rings is 2. The number of aryl methyl sites for hydroxylation is 1.